The van der Waals surface area contributed by atoms with Gasteiger partial charge in [-0.2, -0.15) is 0 Å². The third kappa shape index (κ3) is 11.4. The second kappa shape index (κ2) is 17.0. The predicted molar refractivity (Wildman–Crippen MR) is 122 cm³/mol. The number of hydrogen-bond donors (Lipinski definition) is 3. The lowest BCUT2D eigenvalue weighted by atomic mass is 9.99. The highest BCUT2D eigenvalue weighted by molar-refractivity contribution is 5.93. The van der Waals surface area contributed by atoms with Crippen molar-refractivity contribution in [2.45, 2.75) is 103 Å². The average Bonchev–Trinajstić information content (AvgIpc) is 2.72. The van der Waals surface area contributed by atoms with Crippen LogP contribution in [-0.2, 0) is 11.2 Å². The number of aromatic hydroxyl groups is 2. The fourth-order valence-electron chi connectivity index (χ4n) is 3.74. The van der Waals surface area contributed by atoms with Gasteiger partial charge in [-0.25, -0.2) is 4.79 Å². The zero-order valence-corrected chi connectivity index (χ0v) is 18.8. The molecule has 0 aliphatic carbocycles. The van der Waals surface area contributed by atoms with Gasteiger partial charge in [0, 0.05) is 13.2 Å². The molecular formula is C25H42O5. The van der Waals surface area contributed by atoms with Crippen LogP contribution >= 0.6 is 0 Å². The first-order valence-electron chi connectivity index (χ1n) is 11.9. The van der Waals surface area contributed by atoms with Crippen LogP contribution < -0.4 is 0 Å². The van der Waals surface area contributed by atoms with E-state index < -0.39 is 11.7 Å². The maximum Gasteiger partial charge on any atom is 0.339 e. The summed E-state index contributed by atoms with van der Waals surface area (Å²) < 4.78 is 5.72. The molecule has 0 saturated heterocycles. The van der Waals surface area contributed by atoms with Crippen LogP contribution in [-0.4, -0.2) is 34.5 Å². The predicted octanol–water partition coefficient (Wildman–Crippen LogP) is 6.84. The van der Waals surface area contributed by atoms with Gasteiger partial charge in [0.2, 0.25) is 0 Å². The fourth-order valence-corrected chi connectivity index (χ4v) is 3.74. The summed E-state index contributed by atoms with van der Waals surface area (Å²) >= 11 is 0. The van der Waals surface area contributed by atoms with Crippen molar-refractivity contribution in [3.8, 4) is 11.5 Å². The molecule has 0 aliphatic heterocycles. The monoisotopic (exact) mass is 422 g/mol. The van der Waals surface area contributed by atoms with Gasteiger partial charge >= 0.3 is 5.97 Å². The molecule has 30 heavy (non-hydrogen) atoms. The number of carboxylic acid groups (broad SMARTS) is 1. The Morgan fingerprint density at radius 1 is 0.767 bits per heavy atom. The summed E-state index contributed by atoms with van der Waals surface area (Å²) in [6.45, 7) is 3.99. The van der Waals surface area contributed by atoms with Crippen LogP contribution in [0.15, 0.2) is 12.1 Å². The van der Waals surface area contributed by atoms with Crippen LogP contribution in [0.25, 0.3) is 0 Å². The van der Waals surface area contributed by atoms with E-state index in [2.05, 4.69) is 6.92 Å². The van der Waals surface area contributed by atoms with Crippen molar-refractivity contribution in [1.82, 2.24) is 0 Å². The number of rotatable bonds is 19. The Balaban J connectivity index is 1.94. The van der Waals surface area contributed by atoms with Crippen molar-refractivity contribution in [2.75, 3.05) is 13.2 Å². The Morgan fingerprint density at radius 2 is 1.27 bits per heavy atom. The van der Waals surface area contributed by atoms with Gasteiger partial charge in [0.15, 0.2) is 11.5 Å². The van der Waals surface area contributed by atoms with Crippen molar-refractivity contribution < 1.29 is 24.9 Å². The molecule has 172 valence electrons. The van der Waals surface area contributed by atoms with Crippen LogP contribution in [0.1, 0.15) is 113 Å². The number of benzene rings is 1. The molecule has 0 heterocycles. The normalized spacial score (nSPS) is 11.1. The van der Waals surface area contributed by atoms with Crippen molar-refractivity contribution >= 4 is 5.97 Å². The molecule has 0 aromatic heterocycles. The summed E-state index contributed by atoms with van der Waals surface area (Å²) in [5.74, 6) is -2.13. The molecule has 1 aromatic rings. The summed E-state index contributed by atoms with van der Waals surface area (Å²) in [4.78, 5) is 11.3. The van der Waals surface area contributed by atoms with Gasteiger partial charge in [0.05, 0.1) is 0 Å². The Labute approximate surface area is 182 Å². The first-order chi connectivity index (χ1) is 14.6. The van der Waals surface area contributed by atoms with E-state index in [0.29, 0.717) is 12.0 Å². The number of phenolic OH excluding ortho intramolecular Hbond substituents is 1. The van der Waals surface area contributed by atoms with Gasteiger partial charge < -0.3 is 20.1 Å². The minimum Gasteiger partial charge on any atom is -0.504 e. The van der Waals surface area contributed by atoms with Crippen LogP contribution in [0.5, 0.6) is 11.5 Å². The highest BCUT2D eigenvalue weighted by Crippen LogP contribution is 2.32. The van der Waals surface area contributed by atoms with Gasteiger partial charge in [-0.3, -0.25) is 0 Å². The first kappa shape index (κ1) is 26.3. The minimum absolute atomic E-state index is 0.177. The highest BCUT2D eigenvalue weighted by Gasteiger charge is 2.18. The average molecular weight is 423 g/mol. The number of aromatic carboxylic acids is 1. The molecule has 0 aliphatic rings. The number of carbonyl (C=O) groups is 1. The van der Waals surface area contributed by atoms with Gasteiger partial charge in [-0.1, -0.05) is 83.6 Å². The summed E-state index contributed by atoms with van der Waals surface area (Å²) in [7, 11) is 0. The molecule has 0 radical (unpaired) electrons. The number of ether oxygens (including phenoxy) is 1. The zero-order valence-electron chi connectivity index (χ0n) is 18.8. The van der Waals surface area contributed by atoms with E-state index in [0.717, 1.165) is 51.7 Å². The second-order valence-corrected chi connectivity index (χ2v) is 8.23. The van der Waals surface area contributed by atoms with Crippen LogP contribution in [0.2, 0.25) is 0 Å². The molecule has 0 amide bonds. The molecule has 3 N–H and O–H groups in total. The second-order valence-electron chi connectivity index (χ2n) is 8.23. The van der Waals surface area contributed by atoms with E-state index in [1.807, 2.05) is 0 Å². The quantitative estimate of drug-likeness (QED) is 0.168. The lowest BCUT2D eigenvalue weighted by molar-refractivity contribution is 0.0691. The lowest BCUT2D eigenvalue weighted by Gasteiger charge is -2.09. The molecule has 1 aromatic carbocycles. The third-order valence-corrected chi connectivity index (χ3v) is 5.58. The van der Waals surface area contributed by atoms with E-state index >= 15 is 0 Å². The van der Waals surface area contributed by atoms with E-state index in [-0.39, 0.29) is 11.3 Å². The topological polar surface area (TPSA) is 87.0 Å². The number of carboxylic acids is 1. The fraction of sp³-hybridized carbons (Fsp3) is 0.720. The molecule has 0 spiro atoms. The van der Waals surface area contributed by atoms with Crippen molar-refractivity contribution in [2.24, 2.45) is 0 Å². The lowest BCUT2D eigenvalue weighted by Crippen LogP contribution is -2.03. The van der Waals surface area contributed by atoms with E-state index in [1.165, 1.54) is 57.4 Å². The van der Waals surface area contributed by atoms with Crippen LogP contribution in [0.3, 0.4) is 0 Å². The molecule has 0 saturated carbocycles. The highest BCUT2D eigenvalue weighted by atomic mass is 16.5. The summed E-state index contributed by atoms with van der Waals surface area (Å²) in [6, 6.07) is 2.94. The molecule has 0 bridgehead atoms. The summed E-state index contributed by atoms with van der Waals surface area (Å²) in [5.41, 5.74) is 0.399. The minimum atomic E-state index is -1.20. The Kier molecular flexibility index (Phi) is 14.9. The molecule has 0 atom stereocenters. The molecular weight excluding hydrogens is 380 g/mol. The number of phenols is 2. The number of aryl methyl sites for hydroxylation is 1. The summed E-state index contributed by atoms with van der Waals surface area (Å²) in [6.07, 6.45) is 17.7. The van der Waals surface area contributed by atoms with E-state index in [9.17, 15) is 20.1 Å². The molecule has 0 fully saturated rings. The van der Waals surface area contributed by atoms with Crippen molar-refractivity contribution in [3.63, 3.8) is 0 Å². The van der Waals surface area contributed by atoms with Crippen molar-refractivity contribution in [1.29, 1.82) is 0 Å². The molecule has 0 unspecified atom stereocenters. The smallest absolute Gasteiger partial charge is 0.339 e. The van der Waals surface area contributed by atoms with E-state index in [1.54, 1.807) is 6.07 Å². The largest absolute Gasteiger partial charge is 0.504 e. The molecule has 1 rings (SSSR count). The van der Waals surface area contributed by atoms with Crippen LogP contribution in [0.4, 0.5) is 0 Å². The maximum atomic E-state index is 11.3. The Morgan fingerprint density at radius 3 is 1.80 bits per heavy atom. The summed E-state index contributed by atoms with van der Waals surface area (Å²) in [5, 5.41) is 28.5. The van der Waals surface area contributed by atoms with Gasteiger partial charge in [-0.05, 0) is 37.3 Å². The number of unbranched alkanes of at least 4 members (excludes halogenated alkanes) is 12. The third-order valence-electron chi connectivity index (χ3n) is 5.58. The zero-order chi connectivity index (χ0) is 22.0. The Bertz CT molecular complexity index is 585. The number of hydrogen-bond acceptors (Lipinski definition) is 4. The first-order valence-corrected chi connectivity index (χ1v) is 11.9. The van der Waals surface area contributed by atoms with E-state index in [4.69, 9.17) is 4.74 Å². The van der Waals surface area contributed by atoms with Gasteiger partial charge in [-0.15, -0.1) is 0 Å². The van der Waals surface area contributed by atoms with Crippen LogP contribution in [0, 0.1) is 0 Å². The van der Waals surface area contributed by atoms with Crippen molar-refractivity contribution in [3.05, 3.63) is 23.3 Å². The van der Waals surface area contributed by atoms with Gasteiger partial charge in [0.25, 0.3) is 0 Å². The maximum absolute atomic E-state index is 11.3. The molecule has 5 heteroatoms. The standard InChI is InChI=1S/C25H42O5/c1-2-3-4-5-6-8-11-14-19-30-20-15-12-9-7-10-13-16-21-17-18-22(26)24(27)23(21)25(28)29/h17-18,26-27H,2-16,19-20H2,1H3,(H,28,29). The van der Waals surface area contributed by atoms with Gasteiger partial charge in [0.1, 0.15) is 5.56 Å². The Hall–Kier alpha value is -1.75. The SMILES string of the molecule is CCCCCCCCCCOCCCCCCCCc1ccc(O)c(O)c1C(=O)O. The molecule has 5 nitrogen and oxygen atoms in total.